The molecule has 16 heavy (non-hydrogen) atoms. The summed E-state index contributed by atoms with van der Waals surface area (Å²) in [6.07, 6.45) is 0.888. The van der Waals surface area contributed by atoms with E-state index in [0.717, 1.165) is 11.9 Å². The van der Waals surface area contributed by atoms with Gasteiger partial charge in [0.1, 0.15) is 0 Å². The van der Waals surface area contributed by atoms with Gasteiger partial charge < -0.3 is 5.73 Å². The van der Waals surface area contributed by atoms with Crippen molar-refractivity contribution in [2.75, 3.05) is 6.54 Å². The summed E-state index contributed by atoms with van der Waals surface area (Å²) in [6, 6.07) is 6.64. The summed E-state index contributed by atoms with van der Waals surface area (Å²) >= 11 is 0. The average molecular weight is 217 g/mol. The van der Waals surface area contributed by atoms with E-state index in [9.17, 15) is 0 Å². The Hall–Kier alpha value is -1.35. The van der Waals surface area contributed by atoms with Crippen molar-refractivity contribution in [2.24, 2.45) is 5.73 Å². The van der Waals surface area contributed by atoms with Gasteiger partial charge in [-0.3, -0.25) is 4.68 Å². The van der Waals surface area contributed by atoms with Crippen LogP contribution in [0.3, 0.4) is 0 Å². The third-order valence-corrected chi connectivity index (χ3v) is 2.90. The molecule has 0 unspecified atom stereocenters. The van der Waals surface area contributed by atoms with Crippen LogP contribution >= 0.6 is 0 Å². The van der Waals surface area contributed by atoms with Gasteiger partial charge in [0.15, 0.2) is 0 Å². The monoisotopic (exact) mass is 217 g/mol. The SMILES string of the molecule is Cc1cccc2nn(C(C)C)c(CCN)c12. The molecule has 2 rings (SSSR count). The highest BCUT2D eigenvalue weighted by molar-refractivity contribution is 5.85. The van der Waals surface area contributed by atoms with Crippen molar-refractivity contribution in [2.45, 2.75) is 33.2 Å². The predicted octanol–water partition coefficient (Wildman–Crippen LogP) is 2.43. The number of aromatic nitrogens is 2. The molecule has 2 N–H and O–H groups in total. The lowest BCUT2D eigenvalue weighted by molar-refractivity contribution is 0.514. The molecule has 1 aromatic carbocycles. The Morgan fingerprint density at radius 2 is 2.12 bits per heavy atom. The molecule has 0 saturated carbocycles. The van der Waals surface area contributed by atoms with E-state index >= 15 is 0 Å². The van der Waals surface area contributed by atoms with Crippen LogP contribution in [0.25, 0.3) is 10.9 Å². The van der Waals surface area contributed by atoms with Gasteiger partial charge >= 0.3 is 0 Å². The molecule has 0 fully saturated rings. The molecule has 1 heterocycles. The zero-order chi connectivity index (χ0) is 11.7. The molecule has 0 spiro atoms. The van der Waals surface area contributed by atoms with Crippen molar-refractivity contribution in [1.29, 1.82) is 0 Å². The molecule has 0 radical (unpaired) electrons. The van der Waals surface area contributed by atoms with Crippen LogP contribution in [0.15, 0.2) is 18.2 Å². The second-order valence-corrected chi connectivity index (χ2v) is 4.49. The first-order chi connectivity index (χ1) is 7.65. The lowest BCUT2D eigenvalue weighted by Gasteiger charge is -2.10. The quantitative estimate of drug-likeness (QED) is 0.858. The van der Waals surface area contributed by atoms with Crippen molar-refractivity contribution in [3.05, 3.63) is 29.5 Å². The standard InChI is InChI=1S/C13H19N3/c1-9(2)16-12(7-8-14)13-10(3)5-4-6-11(13)15-16/h4-6,9H,7-8,14H2,1-3H3. The highest BCUT2D eigenvalue weighted by Crippen LogP contribution is 2.24. The fourth-order valence-electron chi connectivity index (χ4n) is 2.21. The second kappa shape index (κ2) is 4.26. The largest absolute Gasteiger partial charge is 0.330 e. The number of benzene rings is 1. The summed E-state index contributed by atoms with van der Waals surface area (Å²) in [5.74, 6) is 0. The van der Waals surface area contributed by atoms with Gasteiger partial charge in [0.2, 0.25) is 0 Å². The third-order valence-electron chi connectivity index (χ3n) is 2.90. The van der Waals surface area contributed by atoms with Crippen molar-refractivity contribution >= 4 is 10.9 Å². The highest BCUT2D eigenvalue weighted by Gasteiger charge is 2.13. The number of aryl methyl sites for hydroxylation is 1. The van der Waals surface area contributed by atoms with E-state index in [1.165, 1.54) is 16.6 Å². The van der Waals surface area contributed by atoms with Gasteiger partial charge in [-0.25, -0.2) is 0 Å². The summed E-state index contributed by atoms with van der Waals surface area (Å²) in [5.41, 5.74) is 9.32. The summed E-state index contributed by atoms with van der Waals surface area (Å²) in [4.78, 5) is 0. The number of nitrogens with zero attached hydrogens (tertiary/aromatic N) is 2. The molecule has 86 valence electrons. The summed E-state index contributed by atoms with van der Waals surface area (Å²) < 4.78 is 2.10. The van der Waals surface area contributed by atoms with Crippen LogP contribution < -0.4 is 5.73 Å². The maximum Gasteiger partial charge on any atom is 0.0929 e. The predicted molar refractivity (Wildman–Crippen MR) is 67.6 cm³/mol. The molecular formula is C13H19N3. The Morgan fingerprint density at radius 3 is 2.75 bits per heavy atom. The molecule has 3 heteroatoms. The van der Waals surface area contributed by atoms with E-state index in [0.29, 0.717) is 12.6 Å². The average Bonchev–Trinajstić information content (AvgIpc) is 2.59. The number of hydrogen-bond donors (Lipinski definition) is 1. The number of rotatable bonds is 3. The lowest BCUT2D eigenvalue weighted by Crippen LogP contribution is -2.12. The molecule has 0 saturated heterocycles. The molecule has 0 atom stereocenters. The van der Waals surface area contributed by atoms with Crippen LogP contribution in [0.1, 0.15) is 31.1 Å². The van der Waals surface area contributed by atoms with Crippen molar-refractivity contribution in [3.8, 4) is 0 Å². The first-order valence-corrected chi connectivity index (χ1v) is 5.82. The molecule has 3 nitrogen and oxygen atoms in total. The third kappa shape index (κ3) is 1.71. The maximum atomic E-state index is 5.69. The Bertz CT molecular complexity index is 497. The first kappa shape index (κ1) is 11.1. The fraction of sp³-hybridized carbons (Fsp3) is 0.462. The molecule has 0 bridgehead atoms. The van der Waals surface area contributed by atoms with E-state index < -0.39 is 0 Å². The van der Waals surface area contributed by atoms with Gasteiger partial charge in [-0.15, -0.1) is 0 Å². The number of hydrogen-bond acceptors (Lipinski definition) is 2. The van der Waals surface area contributed by atoms with Crippen LogP contribution in [-0.4, -0.2) is 16.3 Å². The second-order valence-electron chi connectivity index (χ2n) is 4.49. The van der Waals surface area contributed by atoms with Crippen LogP contribution in [0.5, 0.6) is 0 Å². The summed E-state index contributed by atoms with van der Waals surface area (Å²) in [7, 11) is 0. The smallest absolute Gasteiger partial charge is 0.0929 e. The van der Waals surface area contributed by atoms with E-state index in [1.54, 1.807) is 0 Å². The first-order valence-electron chi connectivity index (χ1n) is 5.82. The zero-order valence-electron chi connectivity index (χ0n) is 10.2. The minimum atomic E-state index is 0.383. The lowest BCUT2D eigenvalue weighted by atomic mass is 10.1. The van der Waals surface area contributed by atoms with E-state index in [4.69, 9.17) is 5.73 Å². The van der Waals surface area contributed by atoms with E-state index in [1.807, 2.05) is 0 Å². The number of fused-ring (bicyclic) bond motifs is 1. The van der Waals surface area contributed by atoms with Crippen LogP contribution in [0, 0.1) is 6.92 Å². The van der Waals surface area contributed by atoms with E-state index in [-0.39, 0.29) is 0 Å². The minimum absolute atomic E-state index is 0.383. The molecular weight excluding hydrogens is 198 g/mol. The number of nitrogens with two attached hydrogens (primary N) is 1. The summed E-state index contributed by atoms with van der Waals surface area (Å²) in [5, 5.41) is 5.93. The van der Waals surface area contributed by atoms with Crippen molar-refractivity contribution < 1.29 is 0 Å². The van der Waals surface area contributed by atoms with Crippen molar-refractivity contribution in [1.82, 2.24) is 9.78 Å². The minimum Gasteiger partial charge on any atom is -0.330 e. The Morgan fingerprint density at radius 1 is 1.38 bits per heavy atom. The Balaban J connectivity index is 2.72. The molecule has 1 aromatic heterocycles. The molecule has 2 aromatic rings. The highest BCUT2D eigenvalue weighted by atomic mass is 15.3. The van der Waals surface area contributed by atoms with Gasteiger partial charge in [0.25, 0.3) is 0 Å². The maximum absolute atomic E-state index is 5.69. The topological polar surface area (TPSA) is 43.8 Å². The zero-order valence-corrected chi connectivity index (χ0v) is 10.2. The van der Waals surface area contributed by atoms with Gasteiger partial charge in [0.05, 0.1) is 5.52 Å². The molecule has 0 aliphatic heterocycles. The molecule has 0 amide bonds. The fourth-order valence-corrected chi connectivity index (χ4v) is 2.21. The summed E-state index contributed by atoms with van der Waals surface area (Å²) in [6.45, 7) is 7.11. The van der Waals surface area contributed by atoms with Gasteiger partial charge in [-0.05, 0) is 38.9 Å². The van der Waals surface area contributed by atoms with Crippen molar-refractivity contribution in [3.63, 3.8) is 0 Å². The van der Waals surface area contributed by atoms with Gasteiger partial charge in [-0.2, -0.15) is 5.10 Å². The van der Waals surface area contributed by atoms with Gasteiger partial charge in [0, 0.05) is 23.5 Å². The van der Waals surface area contributed by atoms with E-state index in [2.05, 4.69) is 48.8 Å². The van der Waals surface area contributed by atoms with Crippen LogP contribution in [0.2, 0.25) is 0 Å². The Labute approximate surface area is 96.2 Å². The van der Waals surface area contributed by atoms with Crippen LogP contribution in [-0.2, 0) is 6.42 Å². The molecule has 0 aliphatic rings. The van der Waals surface area contributed by atoms with Gasteiger partial charge in [-0.1, -0.05) is 12.1 Å². The van der Waals surface area contributed by atoms with Crippen LogP contribution in [0.4, 0.5) is 0 Å². The normalized spacial score (nSPS) is 11.6. The Kier molecular flexibility index (Phi) is 2.97. The molecule has 0 aliphatic carbocycles.